The van der Waals surface area contributed by atoms with E-state index in [2.05, 4.69) is 17.1 Å². The van der Waals surface area contributed by atoms with E-state index >= 15 is 0 Å². The summed E-state index contributed by atoms with van der Waals surface area (Å²) in [4.78, 5) is 4.40. The number of nitrogens with zero attached hydrogens (tertiary/aromatic N) is 2. The number of hydrogen-bond donors (Lipinski definition) is 1. The zero-order valence-electron chi connectivity index (χ0n) is 12.4. The summed E-state index contributed by atoms with van der Waals surface area (Å²) >= 11 is 0. The maximum atomic E-state index is 5.64. The van der Waals surface area contributed by atoms with Crippen molar-refractivity contribution in [1.29, 1.82) is 0 Å². The van der Waals surface area contributed by atoms with E-state index in [0.717, 1.165) is 37.5 Å². The van der Waals surface area contributed by atoms with Crippen LogP contribution in [0, 0.1) is 5.92 Å². The quantitative estimate of drug-likeness (QED) is 0.705. The van der Waals surface area contributed by atoms with E-state index in [-0.39, 0.29) is 6.10 Å². The molecule has 1 rings (SSSR count). The zero-order valence-corrected chi connectivity index (χ0v) is 12.4. The molecule has 2 N–H and O–H groups in total. The van der Waals surface area contributed by atoms with Crippen molar-refractivity contribution in [2.24, 2.45) is 11.7 Å². The molecule has 2 unspecified atom stereocenters. The molecular weight excluding hydrogens is 242 g/mol. The van der Waals surface area contributed by atoms with Crippen molar-refractivity contribution in [2.75, 3.05) is 13.7 Å². The topological polar surface area (TPSA) is 74.2 Å². The van der Waals surface area contributed by atoms with Gasteiger partial charge in [0.2, 0.25) is 5.89 Å². The van der Waals surface area contributed by atoms with E-state index in [4.69, 9.17) is 15.0 Å². The van der Waals surface area contributed by atoms with Crippen LogP contribution in [0.4, 0.5) is 0 Å². The molecule has 0 saturated heterocycles. The van der Waals surface area contributed by atoms with Gasteiger partial charge in [-0.2, -0.15) is 4.98 Å². The van der Waals surface area contributed by atoms with Gasteiger partial charge >= 0.3 is 0 Å². The molecule has 110 valence electrons. The predicted molar refractivity (Wildman–Crippen MR) is 74.9 cm³/mol. The van der Waals surface area contributed by atoms with Crippen LogP contribution in [0.1, 0.15) is 51.2 Å². The van der Waals surface area contributed by atoms with Crippen molar-refractivity contribution < 1.29 is 9.26 Å². The molecule has 2 atom stereocenters. The Kier molecular flexibility index (Phi) is 7.67. The van der Waals surface area contributed by atoms with E-state index in [1.165, 1.54) is 12.8 Å². The second-order valence-electron chi connectivity index (χ2n) is 5.13. The first-order chi connectivity index (χ1) is 9.19. The van der Waals surface area contributed by atoms with Crippen molar-refractivity contribution in [1.82, 2.24) is 10.1 Å². The summed E-state index contributed by atoms with van der Waals surface area (Å²) in [5.74, 6) is 2.13. The van der Waals surface area contributed by atoms with Gasteiger partial charge in [-0.25, -0.2) is 0 Å². The van der Waals surface area contributed by atoms with Crippen LogP contribution in [0.15, 0.2) is 4.52 Å². The van der Waals surface area contributed by atoms with Gasteiger partial charge in [0.1, 0.15) is 0 Å². The monoisotopic (exact) mass is 269 g/mol. The van der Waals surface area contributed by atoms with E-state index < -0.39 is 0 Å². The number of ether oxygens (including phenoxy) is 1. The van der Waals surface area contributed by atoms with E-state index in [0.29, 0.717) is 12.3 Å². The molecule has 5 nitrogen and oxygen atoms in total. The summed E-state index contributed by atoms with van der Waals surface area (Å²) in [7, 11) is 1.69. The van der Waals surface area contributed by atoms with Crippen molar-refractivity contribution in [2.45, 2.75) is 58.5 Å². The van der Waals surface area contributed by atoms with E-state index in [1.54, 1.807) is 7.11 Å². The smallest absolute Gasteiger partial charge is 0.226 e. The summed E-state index contributed by atoms with van der Waals surface area (Å²) < 4.78 is 10.5. The molecule has 0 aliphatic heterocycles. The molecule has 0 spiro atoms. The molecule has 1 aromatic rings. The third-order valence-corrected chi connectivity index (χ3v) is 3.42. The van der Waals surface area contributed by atoms with Gasteiger partial charge in [0.05, 0.1) is 6.10 Å². The van der Waals surface area contributed by atoms with Crippen LogP contribution in [-0.2, 0) is 17.6 Å². The Hall–Kier alpha value is -0.940. The van der Waals surface area contributed by atoms with Crippen LogP contribution in [0.2, 0.25) is 0 Å². The van der Waals surface area contributed by atoms with Gasteiger partial charge < -0.3 is 15.0 Å². The number of methoxy groups -OCH3 is 1. The minimum Gasteiger partial charge on any atom is -0.381 e. The van der Waals surface area contributed by atoms with Crippen LogP contribution in [-0.4, -0.2) is 29.9 Å². The third kappa shape index (κ3) is 6.16. The van der Waals surface area contributed by atoms with Crippen LogP contribution < -0.4 is 5.73 Å². The summed E-state index contributed by atoms with van der Waals surface area (Å²) in [6.45, 7) is 4.96. The lowest BCUT2D eigenvalue weighted by Gasteiger charge is -2.13. The van der Waals surface area contributed by atoms with E-state index in [9.17, 15) is 0 Å². The first-order valence-corrected chi connectivity index (χ1v) is 7.23. The lowest BCUT2D eigenvalue weighted by Crippen LogP contribution is -2.10. The molecule has 0 fully saturated rings. The summed E-state index contributed by atoms with van der Waals surface area (Å²) in [5.41, 5.74) is 5.64. The van der Waals surface area contributed by atoms with Crippen LogP contribution in [0.3, 0.4) is 0 Å². The van der Waals surface area contributed by atoms with Crippen molar-refractivity contribution >= 4 is 0 Å². The summed E-state index contributed by atoms with van der Waals surface area (Å²) in [5, 5.41) is 3.98. The Morgan fingerprint density at radius 3 is 2.74 bits per heavy atom. The van der Waals surface area contributed by atoms with Crippen molar-refractivity contribution in [3.63, 3.8) is 0 Å². The zero-order chi connectivity index (χ0) is 14.1. The van der Waals surface area contributed by atoms with Gasteiger partial charge in [-0.15, -0.1) is 0 Å². The molecule has 0 radical (unpaired) electrons. The minimum atomic E-state index is 0.121. The fraction of sp³-hybridized carbons (Fsp3) is 0.857. The average molecular weight is 269 g/mol. The highest BCUT2D eigenvalue weighted by Gasteiger charge is 2.12. The molecule has 0 aromatic carbocycles. The highest BCUT2D eigenvalue weighted by atomic mass is 16.5. The summed E-state index contributed by atoms with van der Waals surface area (Å²) in [6.07, 6.45) is 6.24. The number of hydrogen-bond acceptors (Lipinski definition) is 5. The van der Waals surface area contributed by atoms with Gasteiger partial charge in [-0.1, -0.05) is 24.9 Å². The fourth-order valence-electron chi connectivity index (χ4n) is 2.22. The SMILES string of the molecule is CCCC(CCN)CCc1nc(CC(C)OC)no1. The van der Waals surface area contributed by atoms with Gasteiger partial charge in [0.25, 0.3) is 0 Å². The third-order valence-electron chi connectivity index (χ3n) is 3.42. The van der Waals surface area contributed by atoms with Crippen LogP contribution in [0.5, 0.6) is 0 Å². The molecule has 5 heteroatoms. The molecule has 0 bridgehead atoms. The Balaban J connectivity index is 2.39. The van der Waals surface area contributed by atoms with Crippen molar-refractivity contribution in [3.05, 3.63) is 11.7 Å². The molecule has 1 aromatic heterocycles. The molecule has 0 amide bonds. The Bertz CT molecular complexity index is 335. The first kappa shape index (κ1) is 16.1. The van der Waals surface area contributed by atoms with Gasteiger partial charge in [0.15, 0.2) is 5.82 Å². The number of aromatic nitrogens is 2. The molecule has 0 saturated carbocycles. The summed E-state index contributed by atoms with van der Waals surface area (Å²) in [6, 6.07) is 0. The molecule has 0 aliphatic rings. The Morgan fingerprint density at radius 1 is 1.32 bits per heavy atom. The highest BCUT2D eigenvalue weighted by Crippen LogP contribution is 2.17. The fourth-order valence-corrected chi connectivity index (χ4v) is 2.22. The normalized spacial score (nSPS) is 14.5. The van der Waals surface area contributed by atoms with Gasteiger partial charge in [-0.05, 0) is 32.2 Å². The Labute approximate surface area is 115 Å². The molecule has 0 aliphatic carbocycles. The minimum absolute atomic E-state index is 0.121. The number of nitrogens with two attached hydrogens (primary N) is 1. The average Bonchev–Trinajstić information content (AvgIpc) is 2.84. The maximum absolute atomic E-state index is 5.64. The van der Waals surface area contributed by atoms with Crippen LogP contribution in [0.25, 0.3) is 0 Å². The standard InChI is InChI=1S/C14H27N3O2/c1-4-5-12(8-9-15)6-7-14-16-13(17-19-14)10-11(2)18-3/h11-12H,4-10,15H2,1-3H3. The molecular formula is C14H27N3O2. The lowest BCUT2D eigenvalue weighted by atomic mass is 9.94. The van der Waals surface area contributed by atoms with Gasteiger partial charge in [0, 0.05) is 20.0 Å². The largest absolute Gasteiger partial charge is 0.381 e. The molecule has 19 heavy (non-hydrogen) atoms. The maximum Gasteiger partial charge on any atom is 0.226 e. The first-order valence-electron chi connectivity index (χ1n) is 7.23. The number of aryl methyl sites for hydroxylation is 1. The van der Waals surface area contributed by atoms with Gasteiger partial charge in [-0.3, -0.25) is 0 Å². The second-order valence-corrected chi connectivity index (χ2v) is 5.13. The Morgan fingerprint density at radius 2 is 2.11 bits per heavy atom. The lowest BCUT2D eigenvalue weighted by molar-refractivity contribution is 0.116. The highest BCUT2D eigenvalue weighted by molar-refractivity contribution is 4.88. The van der Waals surface area contributed by atoms with Crippen molar-refractivity contribution in [3.8, 4) is 0 Å². The predicted octanol–water partition coefficient (Wildman–Crippen LogP) is 2.34. The second kappa shape index (κ2) is 9.04. The number of rotatable bonds is 10. The van der Waals surface area contributed by atoms with Crippen LogP contribution >= 0.6 is 0 Å². The molecule has 1 heterocycles. The van der Waals surface area contributed by atoms with E-state index in [1.807, 2.05) is 6.92 Å².